The number of rotatable bonds is 2. The van der Waals surface area contributed by atoms with E-state index in [-0.39, 0.29) is 17.8 Å². The number of anilines is 2. The molecule has 1 saturated heterocycles. The van der Waals surface area contributed by atoms with Crippen LogP contribution in [0.5, 0.6) is 5.75 Å². The average Bonchev–Trinajstić information content (AvgIpc) is 2.74. The van der Waals surface area contributed by atoms with Crippen LogP contribution in [0.4, 0.5) is 29.5 Å². The fraction of sp³-hybridized carbons (Fsp3) is 0.400. The number of pyridine rings is 1. The lowest BCUT2D eigenvalue weighted by molar-refractivity contribution is -0.137. The maximum Gasteiger partial charge on any atom is 0.416 e. The molecular weight excluding hydrogens is 399 g/mol. The molecule has 4 rings (SSSR count). The van der Waals surface area contributed by atoms with Crippen LogP contribution >= 0.6 is 0 Å². The number of carbonyl (C=O) groups is 1. The SMILES string of the molecule is Nc1ccc(NC(=O)N2CCN(C3CCOc4cc(C(F)(F)F)ccc43)CC2)nc1. The number of nitrogens with zero attached hydrogens (tertiary/aromatic N) is 3. The standard InChI is InChI=1S/C20H22F3N5O2/c21-20(22,23)13-1-3-15-16(5-10-30-17(15)11-13)27-6-8-28(9-7-27)19(29)26-18-4-2-14(24)12-25-18/h1-4,11-12,16H,5-10,24H2,(H,25,26,29). The van der Waals surface area contributed by atoms with Gasteiger partial charge in [-0.3, -0.25) is 10.2 Å². The number of aromatic nitrogens is 1. The first-order chi connectivity index (χ1) is 14.3. The van der Waals surface area contributed by atoms with Gasteiger partial charge in [-0.2, -0.15) is 13.2 Å². The van der Waals surface area contributed by atoms with E-state index >= 15 is 0 Å². The van der Waals surface area contributed by atoms with E-state index in [2.05, 4.69) is 15.2 Å². The molecule has 1 fully saturated rings. The summed E-state index contributed by atoms with van der Waals surface area (Å²) in [6, 6.07) is 6.71. The Kier molecular flexibility index (Phi) is 5.42. The van der Waals surface area contributed by atoms with Gasteiger partial charge in [-0.1, -0.05) is 6.07 Å². The lowest BCUT2D eigenvalue weighted by atomic mass is 9.96. The van der Waals surface area contributed by atoms with Crippen molar-refractivity contribution in [1.29, 1.82) is 0 Å². The predicted octanol–water partition coefficient (Wildman–Crippen LogP) is 3.36. The number of benzene rings is 1. The van der Waals surface area contributed by atoms with E-state index < -0.39 is 11.7 Å². The van der Waals surface area contributed by atoms with Gasteiger partial charge in [0.05, 0.1) is 24.1 Å². The molecule has 0 bridgehead atoms. The monoisotopic (exact) mass is 421 g/mol. The molecule has 0 saturated carbocycles. The molecule has 3 N–H and O–H groups in total. The van der Waals surface area contributed by atoms with E-state index in [1.54, 1.807) is 17.0 Å². The number of nitrogen functional groups attached to an aromatic ring is 1. The van der Waals surface area contributed by atoms with Crippen molar-refractivity contribution in [3.63, 3.8) is 0 Å². The van der Waals surface area contributed by atoms with Gasteiger partial charge in [0.1, 0.15) is 11.6 Å². The van der Waals surface area contributed by atoms with Crippen molar-refractivity contribution in [2.75, 3.05) is 43.8 Å². The summed E-state index contributed by atoms with van der Waals surface area (Å²) in [5.74, 6) is 0.714. The molecule has 0 aliphatic carbocycles. The number of alkyl halides is 3. The first-order valence-electron chi connectivity index (χ1n) is 9.67. The quantitative estimate of drug-likeness (QED) is 0.777. The van der Waals surface area contributed by atoms with Crippen molar-refractivity contribution in [1.82, 2.24) is 14.8 Å². The molecule has 1 atom stereocenters. The summed E-state index contributed by atoms with van der Waals surface area (Å²) in [5.41, 5.74) is 6.16. The van der Waals surface area contributed by atoms with Crippen molar-refractivity contribution >= 4 is 17.5 Å². The molecule has 2 aromatic rings. The molecule has 160 valence electrons. The smallest absolute Gasteiger partial charge is 0.416 e. The van der Waals surface area contributed by atoms with Crippen LogP contribution in [-0.2, 0) is 6.18 Å². The predicted molar refractivity (Wildman–Crippen MR) is 105 cm³/mol. The second kappa shape index (κ2) is 8.02. The molecule has 2 amide bonds. The number of hydrogen-bond acceptors (Lipinski definition) is 5. The summed E-state index contributed by atoms with van der Waals surface area (Å²) in [6.45, 7) is 2.62. The minimum atomic E-state index is -4.40. The molecule has 10 heteroatoms. The largest absolute Gasteiger partial charge is 0.493 e. The van der Waals surface area contributed by atoms with Crippen molar-refractivity contribution in [2.24, 2.45) is 0 Å². The number of hydrogen-bond donors (Lipinski definition) is 2. The molecule has 2 aliphatic rings. The average molecular weight is 421 g/mol. The van der Waals surface area contributed by atoms with Gasteiger partial charge < -0.3 is 15.4 Å². The van der Waals surface area contributed by atoms with Crippen molar-refractivity contribution < 1.29 is 22.7 Å². The molecule has 1 aromatic carbocycles. The summed E-state index contributed by atoms with van der Waals surface area (Å²) in [5, 5.41) is 2.74. The van der Waals surface area contributed by atoms with Crippen LogP contribution in [0.15, 0.2) is 36.5 Å². The zero-order valence-corrected chi connectivity index (χ0v) is 16.2. The van der Waals surface area contributed by atoms with E-state index in [4.69, 9.17) is 10.5 Å². The number of halogens is 3. The Labute approximate surface area is 171 Å². The van der Waals surface area contributed by atoms with E-state index in [1.165, 1.54) is 12.3 Å². The normalized spacial score (nSPS) is 19.7. The lowest BCUT2D eigenvalue weighted by Crippen LogP contribution is -2.51. The highest BCUT2D eigenvalue weighted by Crippen LogP contribution is 2.40. The van der Waals surface area contributed by atoms with Gasteiger partial charge in [0.15, 0.2) is 0 Å². The Morgan fingerprint density at radius 3 is 2.60 bits per heavy atom. The molecule has 2 aliphatic heterocycles. The fourth-order valence-corrected chi connectivity index (χ4v) is 3.83. The molecule has 1 unspecified atom stereocenters. The number of nitrogens with two attached hydrogens (primary N) is 1. The highest BCUT2D eigenvalue weighted by molar-refractivity contribution is 5.88. The zero-order valence-electron chi connectivity index (χ0n) is 16.2. The van der Waals surface area contributed by atoms with Crippen LogP contribution in [0.1, 0.15) is 23.6 Å². The van der Waals surface area contributed by atoms with Gasteiger partial charge in [0.2, 0.25) is 0 Å². The van der Waals surface area contributed by atoms with E-state index in [9.17, 15) is 18.0 Å². The topological polar surface area (TPSA) is 83.7 Å². The number of fused-ring (bicyclic) bond motifs is 1. The number of nitrogens with one attached hydrogen (secondary N) is 1. The van der Waals surface area contributed by atoms with Gasteiger partial charge in [-0.05, 0) is 24.3 Å². The van der Waals surface area contributed by atoms with Crippen LogP contribution in [0.2, 0.25) is 0 Å². The molecule has 1 aromatic heterocycles. The second-order valence-corrected chi connectivity index (χ2v) is 7.33. The summed E-state index contributed by atoms with van der Waals surface area (Å²) >= 11 is 0. The molecule has 30 heavy (non-hydrogen) atoms. The Morgan fingerprint density at radius 1 is 1.17 bits per heavy atom. The highest BCUT2D eigenvalue weighted by atomic mass is 19.4. The van der Waals surface area contributed by atoms with Gasteiger partial charge in [0.25, 0.3) is 0 Å². The lowest BCUT2D eigenvalue weighted by Gasteiger charge is -2.41. The minimum absolute atomic E-state index is 0.0278. The Morgan fingerprint density at radius 2 is 1.93 bits per heavy atom. The van der Waals surface area contributed by atoms with Crippen LogP contribution in [0, 0.1) is 0 Å². The summed E-state index contributed by atoms with van der Waals surface area (Å²) < 4.78 is 44.5. The second-order valence-electron chi connectivity index (χ2n) is 7.33. The Hall–Kier alpha value is -3.01. The first-order valence-corrected chi connectivity index (χ1v) is 9.67. The molecule has 0 spiro atoms. The third kappa shape index (κ3) is 4.28. The van der Waals surface area contributed by atoms with Crippen molar-refractivity contribution in [2.45, 2.75) is 18.6 Å². The van der Waals surface area contributed by atoms with Gasteiger partial charge in [-0.15, -0.1) is 0 Å². The summed E-state index contributed by atoms with van der Waals surface area (Å²) in [4.78, 5) is 20.4. The molecular formula is C20H22F3N5O2. The van der Waals surface area contributed by atoms with Crippen LogP contribution in [0.25, 0.3) is 0 Å². The zero-order chi connectivity index (χ0) is 21.3. The van der Waals surface area contributed by atoms with E-state index in [1.807, 2.05) is 0 Å². The number of carbonyl (C=O) groups excluding carboxylic acids is 1. The van der Waals surface area contributed by atoms with Crippen LogP contribution < -0.4 is 15.8 Å². The fourth-order valence-electron chi connectivity index (χ4n) is 3.83. The maximum atomic E-state index is 13.0. The third-order valence-corrected chi connectivity index (χ3v) is 5.41. The van der Waals surface area contributed by atoms with E-state index in [0.29, 0.717) is 50.7 Å². The van der Waals surface area contributed by atoms with Crippen molar-refractivity contribution in [3.05, 3.63) is 47.7 Å². The first kappa shape index (κ1) is 20.3. The Balaban J connectivity index is 1.39. The van der Waals surface area contributed by atoms with Gasteiger partial charge >= 0.3 is 12.2 Å². The maximum absolute atomic E-state index is 13.0. The third-order valence-electron chi connectivity index (χ3n) is 5.41. The number of amides is 2. The Bertz CT molecular complexity index is 912. The molecule has 7 nitrogen and oxygen atoms in total. The minimum Gasteiger partial charge on any atom is -0.493 e. The van der Waals surface area contributed by atoms with Gasteiger partial charge in [-0.25, -0.2) is 9.78 Å². The van der Waals surface area contributed by atoms with Crippen LogP contribution in [0.3, 0.4) is 0 Å². The summed E-state index contributed by atoms with van der Waals surface area (Å²) in [6.07, 6.45) is -2.23. The molecule has 0 radical (unpaired) electrons. The van der Waals surface area contributed by atoms with E-state index in [0.717, 1.165) is 17.7 Å². The number of urea groups is 1. The summed E-state index contributed by atoms with van der Waals surface area (Å²) in [7, 11) is 0. The number of ether oxygens (including phenoxy) is 1. The van der Waals surface area contributed by atoms with Crippen LogP contribution in [-0.4, -0.2) is 53.6 Å². The number of piperazine rings is 1. The van der Waals surface area contributed by atoms with Gasteiger partial charge in [0, 0.05) is 44.2 Å². The molecule has 3 heterocycles. The highest BCUT2D eigenvalue weighted by Gasteiger charge is 2.35. The van der Waals surface area contributed by atoms with Crippen molar-refractivity contribution in [3.8, 4) is 5.75 Å².